The largest absolute Gasteiger partial charge is 0.300 e. The number of hydrogen-bond acceptors (Lipinski definition) is 1. The number of allylic oxidation sites excluding steroid dienone is 1. The van der Waals surface area contributed by atoms with Crippen LogP contribution in [-0.4, -0.2) is 5.78 Å². The van der Waals surface area contributed by atoms with E-state index in [-0.39, 0.29) is 5.78 Å². The first-order valence-corrected chi connectivity index (χ1v) is 2.87. The minimum atomic E-state index is 0.236. The van der Waals surface area contributed by atoms with E-state index in [9.17, 15) is 4.79 Å². The fourth-order valence-corrected chi connectivity index (χ4v) is 0.305. The highest BCUT2D eigenvalue weighted by molar-refractivity contribution is 5.75. The molecule has 0 aromatic rings. The van der Waals surface area contributed by atoms with Gasteiger partial charge in [0.1, 0.15) is 5.78 Å². The summed E-state index contributed by atoms with van der Waals surface area (Å²) >= 11 is 0. The zero-order valence-electron chi connectivity index (χ0n) is 6.02. The molecular formula is C8H14O. The van der Waals surface area contributed by atoms with Crippen molar-refractivity contribution in [2.24, 2.45) is 0 Å². The van der Waals surface area contributed by atoms with Gasteiger partial charge in [-0.3, -0.25) is 0 Å². The van der Waals surface area contributed by atoms with Crippen molar-refractivity contribution in [1.29, 1.82) is 0 Å². The van der Waals surface area contributed by atoms with Crippen LogP contribution in [0.4, 0.5) is 0 Å². The molecule has 0 radical (unpaired) electrons. The molecule has 0 bridgehead atoms. The van der Waals surface area contributed by atoms with Gasteiger partial charge in [-0.15, -0.1) is 19.7 Å². The summed E-state index contributed by atoms with van der Waals surface area (Å²) in [5, 5.41) is 0. The van der Waals surface area contributed by atoms with Gasteiger partial charge in [0, 0.05) is 6.42 Å². The molecule has 0 aromatic carbocycles. The second kappa shape index (κ2) is 10.2. The average molecular weight is 126 g/mol. The predicted octanol–water partition coefficient (Wildman–Crippen LogP) is 2.34. The van der Waals surface area contributed by atoms with Crippen LogP contribution in [0.1, 0.15) is 19.8 Å². The summed E-state index contributed by atoms with van der Waals surface area (Å²) in [5.74, 6) is 0.236. The van der Waals surface area contributed by atoms with E-state index in [2.05, 4.69) is 19.7 Å². The maximum atomic E-state index is 10.2. The summed E-state index contributed by atoms with van der Waals surface area (Å²) in [6.07, 6.45) is 3.21. The molecule has 0 fully saturated rings. The Labute approximate surface area is 57.1 Å². The second-order valence-electron chi connectivity index (χ2n) is 1.53. The highest BCUT2D eigenvalue weighted by Crippen LogP contribution is 1.88. The zero-order chi connectivity index (χ0) is 7.70. The molecule has 0 atom stereocenters. The number of hydrogen-bond donors (Lipinski definition) is 0. The number of ketones is 1. The SMILES string of the molecule is C=C.C=CCCC(C)=O. The lowest BCUT2D eigenvalue weighted by atomic mass is 10.2. The van der Waals surface area contributed by atoms with Crippen LogP contribution in [0.15, 0.2) is 25.8 Å². The average Bonchev–Trinajstić information content (AvgIpc) is 1.88. The maximum Gasteiger partial charge on any atom is 0.130 e. The van der Waals surface area contributed by atoms with Crippen LogP contribution in [0, 0.1) is 0 Å². The smallest absolute Gasteiger partial charge is 0.130 e. The Morgan fingerprint density at radius 3 is 2.11 bits per heavy atom. The van der Waals surface area contributed by atoms with Gasteiger partial charge in [0.2, 0.25) is 0 Å². The van der Waals surface area contributed by atoms with E-state index >= 15 is 0 Å². The van der Waals surface area contributed by atoms with Crippen molar-refractivity contribution in [2.45, 2.75) is 19.8 Å². The molecule has 0 aliphatic rings. The molecule has 0 spiro atoms. The second-order valence-corrected chi connectivity index (χ2v) is 1.53. The van der Waals surface area contributed by atoms with Crippen LogP contribution >= 0.6 is 0 Å². The molecule has 0 amide bonds. The Hall–Kier alpha value is -0.850. The molecule has 1 heteroatoms. The number of Topliss-reactive ketones (excluding diaryl/α,β-unsaturated/α-hetero) is 1. The van der Waals surface area contributed by atoms with Crippen LogP contribution in [0.3, 0.4) is 0 Å². The quantitative estimate of drug-likeness (QED) is 0.530. The monoisotopic (exact) mass is 126 g/mol. The van der Waals surface area contributed by atoms with Gasteiger partial charge in [-0.2, -0.15) is 0 Å². The third-order valence-corrected chi connectivity index (χ3v) is 0.701. The third-order valence-electron chi connectivity index (χ3n) is 0.701. The van der Waals surface area contributed by atoms with Crippen molar-refractivity contribution >= 4 is 5.78 Å². The Kier molecular flexibility index (Phi) is 12.5. The standard InChI is InChI=1S/C6H10O.C2H4/c1-3-4-5-6(2)7;1-2/h3H,1,4-5H2,2H3;1-2H2. The van der Waals surface area contributed by atoms with Gasteiger partial charge in [0.05, 0.1) is 0 Å². The summed E-state index contributed by atoms with van der Waals surface area (Å²) in [7, 11) is 0. The minimum absolute atomic E-state index is 0.236. The Morgan fingerprint density at radius 2 is 2.00 bits per heavy atom. The first-order chi connectivity index (χ1) is 4.27. The van der Waals surface area contributed by atoms with E-state index in [0.29, 0.717) is 6.42 Å². The fraction of sp³-hybridized carbons (Fsp3) is 0.375. The molecule has 0 rings (SSSR count). The molecule has 0 aliphatic heterocycles. The number of carbonyl (C=O) groups excluding carboxylic acids is 1. The number of rotatable bonds is 3. The summed E-state index contributed by atoms with van der Waals surface area (Å²) < 4.78 is 0. The van der Waals surface area contributed by atoms with Crippen molar-refractivity contribution < 1.29 is 4.79 Å². The molecule has 0 unspecified atom stereocenters. The van der Waals surface area contributed by atoms with Crippen molar-refractivity contribution in [2.75, 3.05) is 0 Å². The van der Waals surface area contributed by atoms with E-state index in [0.717, 1.165) is 6.42 Å². The topological polar surface area (TPSA) is 17.1 Å². The summed E-state index contributed by atoms with van der Waals surface area (Å²) in [4.78, 5) is 10.2. The first-order valence-electron chi connectivity index (χ1n) is 2.87. The van der Waals surface area contributed by atoms with Gasteiger partial charge < -0.3 is 4.79 Å². The zero-order valence-corrected chi connectivity index (χ0v) is 6.02. The maximum absolute atomic E-state index is 10.2. The van der Waals surface area contributed by atoms with Crippen LogP contribution in [0.2, 0.25) is 0 Å². The van der Waals surface area contributed by atoms with Crippen molar-refractivity contribution in [3.8, 4) is 0 Å². The number of carbonyl (C=O) groups is 1. The van der Waals surface area contributed by atoms with Gasteiger partial charge >= 0.3 is 0 Å². The minimum Gasteiger partial charge on any atom is -0.300 e. The molecular weight excluding hydrogens is 112 g/mol. The molecule has 0 saturated heterocycles. The molecule has 0 aromatic heterocycles. The molecule has 0 aliphatic carbocycles. The highest BCUT2D eigenvalue weighted by Gasteiger charge is 1.85. The van der Waals surface area contributed by atoms with Gasteiger partial charge in [-0.1, -0.05) is 6.08 Å². The van der Waals surface area contributed by atoms with E-state index in [1.807, 2.05) is 0 Å². The summed E-state index contributed by atoms with van der Waals surface area (Å²) in [6.45, 7) is 11.1. The van der Waals surface area contributed by atoms with Crippen molar-refractivity contribution in [1.82, 2.24) is 0 Å². The van der Waals surface area contributed by atoms with E-state index in [1.54, 1.807) is 13.0 Å². The van der Waals surface area contributed by atoms with Gasteiger partial charge in [0.15, 0.2) is 0 Å². The van der Waals surface area contributed by atoms with Crippen molar-refractivity contribution in [3.63, 3.8) is 0 Å². The van der Waals surface area contributed by atoms with Crippen LogP contribution in [0.5, 0.6) is 0 Å². The Morgan fingerprint density at radius 1 is 1.56 bits per heavy atom. The van der Waals surface area contributed by atoms with Gasteiger partial charge in [-0.25, -0.2) is 0 Å². The normalized spacial score (nSPS) is 6.78. The first kappa shape index (κ1) is 11.0. The van der Waals surface area contributed by atoms with E-state index in [1.165, 1.54) is 0 Å². The van der Waals surface area contributed by atoms with Crippen LogP contribution in [-0.2, 0) is 4.79 Å². The lowest BCUT2D eigenvalue weighted by molar-refractivity contribution is -0.116. The predicted molar refractivity (Wildman–Crippen MR) is 41.4 cm³/mol. The lowest BCUT2D eigenvalue weighted by Crippen LogP contribution is -1.85. The highest BCUT2D eigenvalue weighted by atomic mass is 16.1. The Balaban J connectivity index is 0. The summed E-state index contributed by atoms with van der Waals surface area (Å²) in [5.41, 5.74) is 0. The van der Waals surface area contributed by atoms with E-state index < -0.39 is 0 Å². The molecule has 0 N–H and O–H groups in total. The van der Waals surface area contributed by atoms with Gasteiger partial charge in [-0.05, 0) is 13.3 Å². The molecule has 0 saturated carbocycles. The van der Waals surface area contributed by atoms with Crippen LogP contribution < -0.4 is 0 Å². The third kappa shape index (κ3) is 19.1. The summed E-state index contributed by atoms with van der Waals surface area (Å²) in [6, 6.07) is 0. The Bertz CT molecular complexity index is 84.6. The lowest BCUT2D eigenvalue weighted by Gasteiger charge is -1.82. The molecule has 1 nitrogen and oxygen atoms in total. The molecule has 0 heterocycles. The van der Waals surface area contributed by atoms with Gasteiger partial charge in [0.25, 0.3) is 0 Å². The van der Waals surface area contributed by atoms with Crippen LogP contribution in [0.25, 0.3) is 0 Å². The fourth-order valence-electron chi connectivity index (χ4n) is 0.305. The molecule has 9 heavy (non-hydrogen) atoms. The van der Waals surface area contributed by atoms with Crippen molar-refractivity contribution in [3.05, 3.63) is 25.8 Å². The molecule has 52 valence electrons. The van der Waals surface area contributed by atoms with E-state index in [4.69, 9.17) is 0 Å².